The Bertz CT molecular complexity index is 678. The Kier molecular flexibility index (Phi) is 3.93. The number of carbonyl (C=O) groups excluding carboxylic acids is 1. The van der Waals surface area contributed by atoms with Crippen molar-refractivity contribution in [1.82, 2.24) is 5.43 Å². The number of hydrazone groups is 1. The van der Waals surface area contributed by atoms with Crippen LogP contribution in [0.4, 0.5) is 8.78 Å². The molecule has 104 valence electrons. The second-order valence-corrected chi connectivity index (χ2v) is 4.19. The molecule has 0 unspecified atom stereocenters. The minimum atomic E-state index is -0.752. The van der Waals surface area contributed by atoms with Crippen LogP contribution in [0.5, 0.6) is 0 Å². The van der Waals surface area contributed by atoms with Gasteiger partial charge in [0.05, 0.1) is 11.8 Å². The lowest BCUT2D eigenvalue weighted by atomic mass is 10.2. The Balaban J connectivity index is 2.06. The second-order valence-electron chi connectivity index (χ2n) is 4.19. The molecule has 2 aromatic rings. The molecule has 1 aromatic carbocycles. The van der Waals surface area contributed by atoms with E-state index in [0.717, 1.165) is 18.3 Å². The summed E-state index contributed by atoms with van der Waals surface area (Å²) in [6.07, 6.45) is 1.11. The van der Waals surface area contributed by atoms with Crippen LogP contribution in [0.25, 0.3) is 0 Å². The number of amides is 1. The summed E-state index contributed by atoms with van der Waals surface area (Å²) >= 11 is 0. The summed E-state index contributed by atoms with van der Waals surface area (Å²) < 4.78 is 31.2. The maximum Gasteiger partial charge on any atom is 0.274 e. The Hall–Kier alpha value is -2.50. The molecular formula is C14H12F2N2O2. The number of aryl methyl sites for hydroxylation is 2. The number of furan rings is 1. The zero-order valence-electron chi connectivity index (χ0n) is 10.9. The molecule has 1 N–H and O–H groups in total. The average Bonchev–Trinajstić information content (AvgIpc) is 2.71. The molecule has 0 saturated heterocycles. The monoisotopic (exact) mass is 278 g/mol. The molecule has 6 heteroatoms. The molecule has 0 bridgehead atoms. The van der Waals surface area contributed by atoms with Crippen LogP contribution in [0.2, 0.25) is 0 Å². The number of nitrogens with one attached hydrogen (secondary N) is 1. The van der Waals surface area contributed by atoms with Crippen molar-refractivity contribution in [1.29, 1.82) is 0 Å². The van der Waals surface area contributed by atoms with Gasteiger partial charge < -0.3 is 4.42 Å². The molecule has 0 fully saturated rings. The van der Waals surface area contributed by atoms with Gasteiger partial charge >= 0.3 is 0 Å². The lowest BCUT2D eigenvalue weighted by molar-refractivity contribution is 0.0953. The molecule has 0 atom stereocenters. The third-order valence-electron chi connectivity index (χ3n) is 2.62. The minimum absolute atomic E-state index is 0.0757. The van der Waals surface area contributed by atoms with E-state index >= 15 is 0 Å². The van der Waals surface area contributed by atoms with Crippen molar-refractivity contribution in [2.75, 3.05) is 0 Å². The number of carbonyl (C=O) groups is 1. The maximum absolute atomic E-state index is 13.3. The van der Waals surface area contributed by atoms with Crippen LogP contribution < -0.4 is 5.43 Å². The van der Waals surface area contributed by atoms with Crippen LogP contribution in [0, 0.1) is 25.5 Å². The molecule has 1 aromatic heterocycles. The van der Waals surface area contributed by atoms with Crippen LogP contribution in [0.15, 0.2) is 33.8 Å². The fourth-order valence-corrected chi connectivity index (χ4v) is 1.68. The van der Waals surface area contributed by atoms with Gasteiger partial charge in [-0.1, -0.05) is 0 Å². The van der Waals surface area contributed by atoms with Crippen LogP contribution >= 0.6 is 0 Å². The van der Waals surface area contributed by atoms with E-state index in [1.165, 1.54) is 6.07 Å². The molecule has 4 nitrogen and oxygen atoms in total. The first-order chi connectivity index (χ1) is 9.47. The SMILES string of the molecule is Cc1cc(C(=O)NN=Cc2ccc(F)cc2F)c(C)o1. The third kappa shape index (κ3) is 3.09. The van der Waals surface area contributed by atoms with Crippen LogP contribution in [0.3, 0.4) is 0 Å². The number of hydrogen-bond acceptors (Lipinski definition) is 3. The van der Waals surface area contributed by atoms with Gasteiger partial charge in [0.15, 0.2) is 0 Å². The summed E-state index contributed by atoms with van der Waals surface area (Å²) in [7, 11) is 0. The molecule has 0 spiro atoms. The Morgan fingerprint density at radius 3 is 2.65 bits per heavy atom. The molecule has 1 amide bonds. The van der Waals surface area contributed by atoms with Gasteiger partial charge in [-0.3, -0.25) is 4.79 Å². The van der Waals surface area contributed by atoms with Gasteiger partial charge in [-0.05, 0) is 32.0 Å². The first kappa shape index (κ1) is 13.9. The summed E-state index contributed by atoms with van der Waals surface area (Å²) in [6, 6.07) is 4.66. The topological polar surface area (TPSA) is 54.6 Å². The number of benzene rings is 1. The predicted octanol–water partition coefficient (Wildman–Crippen LogP) is 2.94. The van der Waals surface area contributed by atoms with Crippen molar-refractivity contribution in [3.63, 3.8) is 0 Å². The number of rotatable bonds is 3. The molecule has 0 aliphatic carbocycles. The standard InChI is InChI=1S/C14H12F2N2O2/c1-8-5-12(9(2)20-8)14(19)18-17-7-10-3-4-11(15)6-13(10)16/h3-7H,1-2H3,(H,18,19). The molecule has 0 aliphatic heterocycles. The molecule has 1 heterocycles. The van der Waals surface area contributed by atoms with E-state index in [2.05, 4.69) is 10.5 Å². The van der Waals surface area contributed by atoms with Crippen LogP contribution in [-0.2, 0) is 0 Å². The van der Waals surface area contributed by atoms with Gasteiger partial charge in [-0.2, -0.15) is 5.10 Å². The van der Waals surface area contributed by atoms with Crippen molar-refractivity contribution >= 4 is 12.1 Å². The molecule has 0 radical (unpaired) electrons. The zero-order chi connectivity index (χ0) is 14.7. The summed E-state index contributed by atoms with van der Waals surface area (Å²) in [5, 5.41) is 3.63. The van der Waals surface area contributed by atoms with E-state index in [0.29, 0.717) is 17.1 Å². The highest BCUT2D eigenvalue weighted by Crippen LogP contribution is 2.13. The highest BCUT2D eigenvalue weighted by atomic mass is 19.1. The molecular weight excluding hydrogens is 266 g/mol. The number of nitrogens with zero attached hydrogens (tertiary/aromatic N) is 1. The number of halogens is 2. The van der Waals surface area contributed by atoms with E-state index in [-0.39, 0.29) is 5.56 Å². The van der Waals surface area contributed by atoms with Gasteiger partial charge in [0.25, 0.3) is 5.91 Å². The predicted molar refractivity (Wildman–Crippen MR) is 69.6 cm³/mol. The van der Waals surface area contributed by atoms with Gasteiger partial charge in [0, 0.05) is 11.6 Å². The largest absolute Gasteiger partial charge is 0.466 e. The van der Waals surface area contributed by atoms with Gasteiger partial charge in [-0.15, -0.1) is 0 Å². The fourth-order valence-electron chi connectivity index (χ4n) is 1.68. The summed E-state index contributed by atoms with van der Waals surface area (Å²) in [4.78, 5) is 11.8. The van der Waals surface area contributed by atoms with Crippen molar-refractivity contribution in [2.45, 2.75) is 13.8 Å². The van der Waals surface area contributed by atoms with Crippen molar-refractivity contribution in [3.8, 4) is 0 Å². The maximum atomic E-state index is 13.3. The summed E-state index contributed by atoms with van der Waals surface area (Å²) in [6.45, 7) is 3.38. The van der Waals surface area contributed by atoms with Gasteiger partial charge in [0.1, 0.15) is 23.2 Å². The van der Waals surface area contributed by atoms with Gasteiger partial charge in [-0.25, -0.2) is 14.2 Å². The molecule has 20 heavy (non-hydrogen) atoms. The van der Waals surface area contributed by atoms with Crippen molar-refractivity contribution in [3.05, 3.63) is 58.5 Å². The first-order valence-electron chi connectivity index (χ1n) is 5.83. The Morgan fingerprint density at radius 2 is 2.05 bits per heavy atom. The normalized spacial score (nSPS) is 11.0. The van der Waals surface area contributed by atoms with Crippen molar-refractivity contribution in [2.24, 2.45) is 5.10 Å². The second kappa shape index (κ2) is 5.64. The smallest absolute Gasteiger partial charge is 0.274 e. The Labute approximate surface area is 114 Å². The van der Waals surface area contributed by atoms with E-state index in [4.69, 9.17) is 4.42 Å². The van der Waals surface area contributed by atoms with E-state index < -0.39 is 17.5 Å². The average molecular weight is 278 g/mol. The quantitative estimate of drug-likeness (QED) is 0.693. The summed E-state index contributed by atoms with van der Waals surface area (Å²) in [5.41, 5.74) is 2.69. The minimum Gasteiger partial charge on any atom is -0.466 e. The van der Waals surface area contributed by atoms with E-state index in [1.807, 2.05) is 0 Å². The lowest BCUT2D eigenvalue weighted by Crippen LogP contribution is -2.17. The summed E-state index contributed by atoms with van der Waals surface area (Å²) in [5.74, 6) is -0.797. The Morgan fingerprint density at radius 1 is 1.30 bits per heavy atom. The number of hydrogen-bond donors (Lipinski definition) is 1. The third-order valence-corrected chi connectivity index (χ3v) is 2.62. The van der Waals surface area contributed by atoms with E-state index in [9.17, 15) is 13.6 Å². The van der Waals surface area contributed by atoms with Crippen LogP contribution in [0.1, 0.15) is 27.4 Å². The highest BCUT2D eigenvalue weighted by molar-refractivity contribution is 5.95. The van der Waals surface area contributed by atoms with Crippen LogP contribution in [-0.4, -0.2) is 12.1 Å². The molecule has 2 rings (SSSR count). The fraction of sp³-hybridized carbons (Fsp3) is 0.143. The highest BCUT2D eigenvalue weighted by Gasteiger charge is 2.12. The molecule has 0 aliphatic rings. The van der Waals surface area contributed by atoms with Crippen molar-refractivity contribution < 1.29 is 18.0 Å². The first-order valence-corrected chi connectivity index (χ1v) is 5.83. The zero-order valence-corrected chi connectivity index (χ0v) is 10.9. The molecule has 0 saturated carbocycles. The van der Waals surface area contributed by atoms with E-state index in [1.54, 1.807) is 19.9 Å². The van der Waals surface area contributed by atoms with Gasteiger partial charge in [0.2, 0.25) is 0 Å². The lowest BCUT2D eigenvalue weighted by Gasteiger charge is -1.98.